The van der Waals surface area contributed by atoms with Crippen LogP contribution in [0.3, 0.4) is 0 Å². The Labute approximate surface area is 94.1 Å². The Hall–Kier alpha value is -1.64. The second-order valence-electron chi connectivity index (χ2n) is 4.62. The van der Waals surface area contributed by atoms with Crippen molar-refractivity contribution in [3.8, 4) is 0 Å². The van der Waals surface area contributed by atoms with Gasteiger partial charge in [0.25, 0.3) is 0 Å². The maximum absolute atomic E-state index is 12.2. The highest BCUT2D eigenvalue weighted by atomic mass is 16.4. The lowest BCUT2D eigenvalue weighted by Gasteiger charge is -2.31. The molecule has 0 saturated heterocycles. The van der Waals surface area contributed by atoms with E-state index in [1.54, 1.807) is 13.0 Å². The molecule has 1 aromatic carbocycles. The highest BCUT2D eigenvalue weighted by Gasteiger charge is 2.39. The molecule has 1 aromatic rings. The van der Waals surface area contributed by atoms with E-state index in [1.807, 2.05) is 18.2 Å². The van der Waals surface area contributed by atoms with Gasteiger partial charge in [-0.25, -0.2) is 0 Å². The maximum atomic E-state index is 12.2. The van der Waals surface area contributed by atoms with Crippen LogP contribution in [0.1, 0.15) is 35.7 Å². The highest BCUT2D eigenvalue weighted by Crippen LogP contribution is 2.37. The number of aryl methyl sites for hydroxylation is 1. The summed E-state index contributed by atoms with van der Waals surface area (Å²) in [5, 5.41) is 8.84. The molecule has 0 spiro atoms. The second-order valence-corrected chi connectivity index (χ2v) is 4.62. The molecule has 0 aliphatic heterocycles. The van der Waals surface area contributed by atoms with Crippen LogP contribution >= 0.6 is 0 Å². The summed E-state index contributed by atoms with van der Waals surface area (Å²) in [6.07, 6.45) is 1.32. The van der Waals surface area contributed by atoms with Crippen LogP contribution in [0.25, 0.3) is 0 Å². The lowest BCUT2D eigenvalue weighted by Crippen LogP contribution is -2.35. The number of fused-ring (bicyclic) bond motifs is 1. The largest absolute Gasteiger partial charge is 0.481 e. The van der Waals surface area contributed by atoms with Gasteiger partial charge in [0, 0.05) is 11.0 Å². The van der Waals surface area contributed by atoms with E-state index in [2.05, 4.69) is 0 Å². The topological polar surface area (TPSA) is 54.4 Å². The van der Waals surface area contributed by atoms with Gasteiger partial charge >= 0.3 is 5.97 Å². The Kier molecular flexibility index (Phi) is 2.54. The zero-order chi connectivity index (χ0) is 11.8. The molecular weight excluding hydrogens is 204 g/mol. The summed E-state index contributed by atoms with van der Waals surface area (Å²) in [5.74, 6) is -0.938. The smallest absolute Gasteiger partial charge is 0.304 e. The minimum Gasteiger partial charge on any atom is -0.481 e. The van der Waals surface area contributed by atoms with E-state index in [0.29, 0.717) is 12.0 Å². The summed E-state index contributed by atoms with van der Waals surface area (Å²) in [5.41, 5.74) is 0.994. The molecule has 1 aliphatic rings. The molecule has 1 unspecified atom stereocenters. The molecular formula is C13H14O3. The van der Waals surface area contributed by atoms with Crippen molar-refractivity contribution in [2.45, 2.75) is 26.2 Å². The van der Waals surface area contributed by atoms with Crippen LogP contribution in [-0.4, -0.2) is 16.9 Å². The first kappa shape index (κ1) is 10.9. The molecule has 1 N–H and O–H groups in total. The van der Waals surface area contributed by atoms with Gasteiger partial charge < -0.3 is 5.11 Å². The first-order valence-electron chi connectivity index (χ1n) is 5.37. The number of carboxylic acids is 1. The summed E-state index contributed by atoms with van der Waals surface area (Å²) >= 11 is 0. The predicted octanol–water partition coefficient (Wildman–Crippen LogP) is 2.30. The molecule has 2 rings (SSSR count). The molecule has 1 aliphatic carbocycles. The van der Waals surface area contributed by atoms with E-state index >= 15 is 0 Å². The second kappa shape index (κ2) is 3.74. The fourth-order valence-corrected chi connectivity index (χ4v) is 2.31. The molecule has 16 heavy (non-hydrogen) atoms. The zero-order valence-corrected chi connectivity index (χ0v) is 9.19. The van der Waals surface area contributed by atoms with Gasteiger partial charge in [-0.05, 0) is 18.4 Å². The van der Waals surface area contributed by atoms with Crippen LogP contribution in [0.5, 0.6) is 0 Å². The third kappa shape index (κ3) is 1.73. The quantitative estimate of drug-likeness (QED) is 0.828. The molecule has 0 aromatic heterocycles. The van der Waals surface area contributed by atoms with Crippen LogP contribution < -0.4 is 0 Å². The minimum atomic E-state index is -0.907. The molecule has 0 saturated carbocycles. The number of Topliss-reactive ketones (excluding diaryl/α,β-unsaturated/α-hetero) is 1. The van der Waals surface area contributed by atoms with E-state index in [0.717, 1.165) is 12.0 Å². The molecule has 0 bridgehead atoms. The lowest BCUT2D eigenvalue weighted by atomic mass is 9.70. The van der Waals surface area contributed by atoms with Gasteiger partial charge in [-0.2, -0.15) is 0 Å². The number of hydrogen-bond donors (Lipinski definition) is 1. The lowest BCUT2D eigenvalue weighted by molar-refractivity contribution is -0.139. The molecule has 84 valence electrons. The van der Waals surface area contributed by atoms with Crippen molar-refractivity contribution in [1.29, 1.82) is 0 Å². The number of rotatable bonds is 2. The number of carbonyl (C=O) groups excluding carboxylic acids is 1. The van der Waals surface area contributed by atoms with Gasteiger partial charge in [-0.15, -0.1) is 0 Å². The van der Waals surface area contributed by atoms with E-state index in [1.165, 1.54) is 0 Å². The Morgan fingerprint density at radius 1 is 1.44 bits per heavy atom. The molecule has 3 heteroatoms. The number of benzene rings is 1. The van der Waals surface area contributed by atoms with Crippen molar-refractivity contribution in [1.82, 2.24) is 0 Å². The Morgan fingerprint density at radius 3 is 2.81 bits per heavy atom. The Morgan fingerprint density at radius 2 is 2.12 bits per heavy atom. The van der Waals surface area contributed by atoms with Crippen LogP contribution in [0.2, 0.25) is 0 Å². The van der Waals surface area contributed by atoms with Crippen molar-refractivity contribution in [2.24, 2.45) is 5.41 Å². The number of carbonyl (C=O) groups is 2. The minimum absolute atomic E-state index is 0.0308. The van der Waals surface area contributed by atoms with Gasteiger partial charge in [0.1, 0.15) is 0 Å². The van der Waals surface area contributed by atoms with E-state index in [-0.39, 0.29) is 12.2 Å². The average molecular weight is 218 g/mol. The van der Waals surface area contributed by atoms with Gasteiger partial charge in [-0.1, -0.05) is 31.2 Å². The number of ketones is 1. The Bertz CT molecular complexity index is 450. The van der Waals surface area contributed by atoms with Gasteiger partial charge in [0.05, 0.1) is 6.42 Å². The average Bonchev–Trinajstić information content (AvgIpc) is 2.24. The highest BCUT2D eigenvalue weighted by molar-refractivity contribution is 6.03. The molecule has 1 atom stereocenters. The monoisotopic (exact) mass is 218 g/mol. The number of hydrogen-bond acceptors (Lipinski definition) is 2. The van der Waals surface area contributed by atoms with Crippen LogP contribution in [0.4, 0.5) is 0 Å². The molecule has 0 heterocycles. The summed E-state index contributed by atoms with van der Waals surface area (Å²) in [6, 6.07) is 7.46. The molecule has 0 fully saturated rings. The normalized spacial score (nSPS) is 23.9. The summed E-state index contributed by atoms with van der Waals surface area (Å²) < 4.78 is 0. The fourth-order valence-electron chi connectivity index (χ4n) is 2.31. The van der Waals surface area contributed by atoms with Crippen molar-refractivity contribution in [2.75, 3.05) is 0 Å². The number of aliphatic carboxylic acids is 1. The zero-order valence-electron chi connectivity index (χ0n) is 9.19. The van der Waals surface area contributed by atoms with Crippen molar-refractivity contribution in [3.63, 3.8) is 0 Å². The van der Waals surface area contributed by atoms with Crippen LogP contribution in [0, 0.1) is 5.41 Å². The van der Waals surface area contributed by atoms with E-state index in [4.69, 9.17) is 5.11 Å². The molecule has 3 nitrogen and oxygen atoms in total. The first-order chi connectivity index (χ1) is 7.53. The van der Waals surface area contributed by atoms with Gasteiger partial charge in [0.2, 0.25) is 0 Å². The summed E-state index contributed by atoms with van der Waals surface area (Å²) in [6.45, 7) is 1.75. The third-order valence-electron chi connectivity index (χ3n) is 3.30. The standard InChI is InChI=1S/C13H14O3/c1-13(8-11(14)15)7-6-9-4-2-3-5-10(9)12(13)16/h2-5H,6-8H2,1H3,(H,14,15). The van der Waals surface area contributed by atoms with E-state index < -0.39 is 11.4 Å². The predicted molar refractivity (Wildman–Crippen MR) is 59.5 cm³/mol. The molecule has 0 radical (unpaired) electrons. The molecule has 0 amide bonds. The van der Waals surface area contributed by atoms with Crippen molar-refractivity contribution >= 4 is 11.8 Å². The fraction of sp³-hybridized carbons (Fsp3) is 0.385. The van der Waals surface area contributed by atoms with Crippen molar-refractivity contribution < 1.29 is 14.7 Å². The third-order valence-corrected chi connectivity index (χ3v) is 3.30. The number of carboxylic acid groups (broad SMARTS) is 1. The summed E-state index contributed by atoms with van der Waals surface area (Å²) in [4.78, 5) is 23.0. The first-order valence-corrected chi connectivity index (χ1v) is 5.37. The van der Waals surface area contributed by atoms with Gasteiger partial charge in [-0.3, -0.25) is 9.59 Å². The van der Waals surface area contributed by atoms with Crippen molar-refractivity contribution in [3.05, 3.63) is 35.4 Å². The Balaban J connectivity index is 2.37. The van der Waals surface area contributed by atoms with E-state index in [9.17, 15) is 9.59 Å². The SMILES string of the molecule is CC1(CC(=O)O)CCc2ccccc2C1=O. The maximum Gasteiger partial charge on any atom is 0.304 e. The van der Waals surface area contributed by atoms with Crippen LogP contribution in [-0.2, 0) is 11.2 Å². The summed E-state index contributed by atoms with van der Waals surface area (Å²) in [7, 11) is 0. The van der Waals surface area contributed by atoms with Crippen LogP contribution in [0.15, 0.2) is 24.3 Å². The van der Waals surface area contributed by atoms with Gasteiger partial charge in [0.15, 0.2) is 5.78 Å².